The first kappa shape index (κ1) is 37.2. The van der Waals surface area contributed by atoms with Crippen LogP contribution in [-0.2, 0) is 33.3 Å². The third-order valence-corrected chi connectivity index (χ3v) is 15.3. The van der Waals surface area contributed by atoms with E-state index in [4.69, 9.17) is 18.9 Å². The van der Waals surface area contributed by atoms with E-state index < -0.39 is 106 Å². The van der Waals surface area contributed by atoms with Crippen LogP contribution in [0.25, 0.3) is 0 Å². The molecule has 0 aromatic rings. The molecular formula is C39H59NO11. The lowest BCUT2D eigenvalue weighted by molar-refractivity contribution is -0.300. The van der Waals surface area contributed by atoms with Crippen LogP contribution >= 0.6 is 0 Å². The van der Waals surface area contributed by atoms with E-state index in [0.29, 0.717) is 37.3 Å². The van der Waals surface area contributed by atoms with Gasteiger partial charge in [0.15, 0.2) is 12.2 Å². The van der Waals surface area contributed by atoms with Crippen molar-refractivity contribution in [2.75, 3.05) is 13.1 Å². The van der Waals surface area contributed by atoms with Crippen LogP contribution in [0.4, 0.5) is 0 Å². The Morgan fingerprint density at radius 2 is 1.75 bits per heavy atom. The van der Waals surface area contributed by atoms with Gasteiger partial charge >= 0.3 is 17.9 Å². The summed E-state index contributed by atoms with van der Waals surface area (Å²) in [7, 11) is 0. The van der Waals surface area contributed by atoms with Gasteiger partial charge in [0.25, 0.3) is 0 Å². The molecule has 4 bridgehead atoms. The number of piperidine rings is 2. The Morgan fingerprint density at radius 1 is 1.04 bits per heavy atom. The first-order valence-electron chi connectivity index (χ1n) is 19.3. The van der Waals surface area contributed by atoms with Crippen molar-refractivity contribution in [2.45, 2.75) is 153 Å². The maximum atomic E-state index is 13.7. The number of nitrogens with zero attached hydrogens (tertiary/aromatic N) is 1. The van der Waals surface area contributed by atoms with Crippen molar-refractivity contribution in [2.24, 2.45) is 46.8 Å². The number of esters is 3. The van der Waals surface area contributed by atoms with Crippen LogP contribution < -0.4 is 0 Å². The van der Waals surface area contributed by atoms with E-state index in [1.54, 1.807) is 33.8 Å². The second-order valence-electron chi connectivity index (χ2n) is 17.9. The van der Waals surface area contributed by atoms with Gasteiger partial charge in [-0.2, -0.15) is 0 Å². The molecule has 7 aliphatic rings. The Balaban J connectivity index is 1.40. The maximum absolute atomic E-state index is 13.7. The van der Waals surface area contributed by atoms with Crippen LogP contribution in [0.2, 0.25) is 0 Å². The molecule has 12 heteroatoms. The molecule has 4 aliphatic carbocycles. The smallest absolute Gasteiger partial charge is 0.333 e. The Labute approximate surface area is 301 Å². The molecule has 0 radical (unpaired) electrons. The molecule has 7 rings (SSSR count). The third kappa shape index (κ3) is 4.94. The van der Waals surface area contributed by atoms with Gasteiger partial charge in [-0.1, -0.05) is 33.8 Å². The Hall–Kier alpha value is -2.09. The first-order chi connectivity index (χ1) is 23.8. The van der Waals surface area contributed by atoms with Gasteiger partial charge in [-0.15, -0.1) is 0 Å². The molecule has 4 N–H and O–H groups in total. The van der Waals surface area contributed by atoms with Gasteiger partial charge < -0.3 is 39.4 Å². The van der Waals surface area contributed by atoms with Crippen LogP contribution in [-0.4, -0.2) is 109 Å². The van der Waals surface area contributed by atoms with Crippen molar-refractivity contribution in [3.63, 3.8) is 0 Å². The van der Waals surface area contributed by atoms with Crippen LogP contribution in [0.3, 0.4) is 0 Å². The number of aliphatic hydroxyl groups excluding tert-OH is 1. The van der Waals surface area contributed by atoms with E-state index in [9.17, 15) is 34.8 Å². The number of fused-ring (bicyclic) bond motifs is 5. The highest BCUT2D eigenvalue weighted by Gasteiger charge is 2.87. The molecule has 17 atom stereocenters. The summed E-state index contributed by atoms with van der Waals surface area (Å²) in [5.41, 5.74) is -5.06. The lowest BCUT2D eigenvalue weighted by atomic mass is 9.49. The fraction of sp³-hybridized carbons (Fsp3) is 0.872. The quantitative estimate of drug-likeness (QED) is 0.180. The minimum atomic E-state index is -1.97. The van der Waals surface area contributed by atoms with Crippen LogP contribution in [0.1, 0.15) is 100 Å². The van der Waals surface area contributed by atoms with E-state index in [1.807, 2.05) is 13.8 Å². The molecule has 3 aliphatic heterocycles. The standard InChI is InChI=1S/C39H59NO11/c1-9-20(4)33(43)49-28-13-14-35(7)26-15-25(48-22(6)41)31-37(35,51-39(26,28)47)16-24-23-18-40-17-19(3)11-12-27(40)36(8,45)29(23)30(42)32(38(24,31)46)50-34(44)21(5)10-2/h9,19,21,23-32,42,45-47H,10-18H2,1-8H3. The number of ether oxygens (including phenoxy) is 4. The van der Waals surface area contributed by atoms with Crippen molar-refractivity contribution in [1.82, 2.24) is 4.90 Å². The molecule has 0 aromatic heterocycles. The predicted octanol–water partition coefficient (Wildman–Crippen LogP) is 2.87. The molecule has 12 nitrogen and oxygen atoms in total. The fourth-order valence-corrected chi connectivity index (χ4v) is 12.7. The molecule has 17 unspecified atom stereocenters. The third-order valence-electron chi connectivity index (χ3n) is 15.3. The highest BCUT2D eigenvalue weighted by molar-refractivity contribution is 5.87. The lowest BCUT2D eigenvalue weighted by Gasteiger charge is -2.64. The van der Waals surface area contributed by atoms with Gasteiger partial charge in [-0.3, -0.25) is 14.5 Å². The molecule has 4 saturated carbocycles. The van der Waals surface area contributed by atoms with Crippen molar-refractivity contribution in [3.8, 4) is 0 Å². The zero-order valence-electron chi connectivity index (χ0n) is 31.5. The number of carbonyl (C=O) groups is 3. The summed E-state index contributed by atoms with van der Waals surface area (Å²) >= 11 is 0. The van der Waals surface area contributed by atoms with Gasteiger partial charge in [0.05, 0.1) is 29.1 Å². The highest BCUT2D eigenvalue weighted by Crippen LogP contribution is 2.77. The van der Waals surface area contributed by atoms with Crippen molar-refractivity contribution in [3.05, 3.63) is 11.6 Å². The number of aliphatic hydroxyl groups is 4. The summed E-state index contributed by atoms with van der Waals surface area (Å²) in [5, 5.41) is 51.3. The van der Waals surface area contributed by atoms with Crippen LogP contribution in [0.5, 0.6) is 0 Å². The molecule has 51 heavy (non-hydrogen) atoms. The second-order valence-corrected chi connectivity index (χ2v) is 17.9. The summed E-state index contributed by atoms with van der Waals surface area (Å²) in [6, 6.07) is -0.224. The Morgan fingerprint density at radius 3 is 2.39 bits per heavy atom. The largest absolute Gasteiger partial charge is 0.462 e. The van der Waals surface area contributed by atoms with E-state index >= 15 is 0 Å². The zero-order valence-corrected chi connectivity index (χ0v) is 31.5. The first-order valence-corrected chi connectivity index (χ1v) is 19.3. The van der Waals surface area contributed by atoms with Crippen molar-refractivity contribution >= 4 is 17.9 Å². The summed E-state index contributed by atoms with van der Waals surface area (Å²) in [6.45, 7) is 15.5. The summed E-state index contributed by atoms with van der Waals surface area (Å²) in [4.78, 5) is 41.9. The lowest BCUT2D eigenvalue weighted by Crippen LogP contribution is -2.77. The van der Waals surface area contributed by atoms with Gasteiger partial charge in [-0.05, 0) is 83.5 Å². The number of hydrogen-bond donors (Lipinski definition) is 4. The minimum Gasteiger partial charge on any atom is -0.462 e. The molecule has 0 amide bonds. The fourth-order valence-electron chi connectivity index (χ4n) is 12.7. The molecule has 3 heterocycles. The monoisotopic (exact) mass is 717 g/mol. The van der Waals surface area contributed by atoms with Gasteiger partial charge in [-0.25, -0.2) is 4.79 Å². The average Bonchev–Trinajstić information content (AvgIpc) is 3.33. The average molecular weight is 718 g/mol. The number of hydrogen-bond acceptors (Lipinski definition) is 12. The topological polar surface area (TPSA) is 172 Å². The number of rotatable bonds is 6. The Bertz CT molecular complexity index is 1480. The number of carbonyl (C=O) groups excluding carboxylic acids is 3. The normalized spacial score (nSPS) is 52.1. The molecule has 7 fully saturated rings. The number of allylic oxidation sites excluding steroid dienone is 1. The molecule has 286 valence electrons. The molecule has 0 aromatic carbocycles. The van der Waals surface area contributed by atoms with Crippen molar-refractivity contribution in [1.29, 1.82) is 0 Å². The summed E-state index contributed by atoms with van der Waals surface area (Å²) < 4.78 is 25.3. The summed E-state index contributed by atoms with van der Waals surface area (Å²) in [6.07, 6.45) is -0.00676. The predicted molar refractivity (Wildman–Crippen MR) is 182 cm³/mol. The van der Waals surface area contributed by atoms with E-state index in [-0.39, 0.29) is 18.9 Å². The molecule has 1 spiro atoms. The van der Waals surface area contributed by atoms with Gasteiger partial charge in [0.1, 0.15) is 11.7 Å². The Kier molecular flexibility index (Phi) is 8.92. The summed E-state index contributed by atoms with van der Waals surface area (Å²) in [5.74, 6) is -7.33. The van der Waals surface area contributed by atoms with E-state index in [2.05, 4.69) is 11.8 Å². The second kappa shape index (κ2) is 12.2. The van der Waals surface area contributed by atoms with E-state index in [1.165, 1.54) is 6.92 Å². The zero-order chi connectivity index (χ0) is 37.2. The molecular weight excluding hydrogens is 658 g/mol. The SMILES string of the molecule is CC=C(C)C(=O)OC1CCC2(C)C3CC(OC(C)=O)C4C5(O)C(CC42OC13O)C1CN2CC(C)CCC2C(C)(O)C1C(O)C5OC(=O)C(C)CC. The molecule has 3 saturated heterocycles. The van der Waals surface area contributed by atoms with Gasteiger partial charge in [0, 0.05) is 48.9 Å². The highest BCUT2D eigenvalue weighted by atomic mass is 16.7. The van der Waals surface area contributed by atoms with Gasteiger partial charge in [0.2, 0.25) is 5.79 Å². The van der Waals surface area contributed by atoms with E-state index in [0.717, 1.165) is 19.4 Å². The maximum Gasteiger partial charge on any atom is 0.333 e. The van der Waals surface area contributed by atoms with Crippen LogP contribution in [0, 0.1) is 46.8 Å². The van der Waals surface area contributed by atoms with Crippen molar-refractivity contribution < 1.29 is 53.8 Å². The van der Waals surface area contributed by atoms with Crippen LogP contribution in [0.15, 0.2) is 11.6 Å². The minimum absolute atomic E-state index is 0.102.